The average molecular weight is 220 g/mol. The zero-order valence-corrected chi connectivity index (χ0v) is 8.70. The number of halogens is 1. The fourth-order valence-electron chi connectivity index (χ4n) is 1.22. The highest BCUT2D eigenvalue weighted by Crippen LogP contribution is 2.29. The Labute approximate surface area is 92.9 Å². The van der Waals surface area contributed by atoms with Gasteiger partial charge in [0.25, 0.3) is 0 Å². The molecule has 0 unspecified atom stereocenters. The molecule has 2 rings (SSSR count). The highest BCUT2D eigenvalue weighted by atomic mass is 35.5. The molecule has 0 aliphatic rings. The number of nitrogens with one attached hydrogen (secondary N) is 1. The molecule has 0 spiro atoms. The summed E-state index contributed by atoms with van der Waals surface area (Å²) in [7, 11) is 0. The number of pyridine rings is 1. The number of rotatable bonds is 2. The lowest BCUT2D eigenvalue weighted by Gasteiger charge is -2.08. The first kappa shape index (κ1) is 9.80. The SMILES string of the molecule is Nc1cccc(Nc2ccccn2)c1Cl. The molecule has 2 aromatic rings. The first-order chi connectivity index (χ1) is 7.27. The second-order valence-electron chi connectivity index (χ2n) is 3.05. The molecule has 4 heteroatoms. The minimum absolute atomic E-state index is 0.517. The van der Waals surface area contributed by atoms with Crippen molar-refractivity contribution in [2.24, 2.45) is 0 Å². The molecule has 0 bridgehead atoms. The highest BCUT2D eigenvalue weighted by molar-refractivity contribution is 6.35. The fraction of sp³-hybridized carbons (Fsp3) is 0. The molecule has 0 saturated carbocycles. The van der Waals surface area contributed by atoms with Gasteiger partial charge in [-0.25, -0.2) is 4.98 Å². The van der Waals surface area contributed by atoms with Crippen LogP contribution in [0.25, 0.3) is 0 Å². The second kappa shape index (κ2) is 4.19. The molecule has 0 amide bonds. The van der Waals surface area contributed by atoms with Gasteiger partial charge in [0.2, 0.25) is 0 Å². The lowest BCUT2D eigenvalue weighted by atomic mass is 10.3. The van der Waals surface area contributed by atoms with Crippen LogP contribution in [-0.4, -0.2) is 4.98 Å². The molecule has 0 atom stereocenters. The zero-order chi connectivity index (χ0) is 10.7. The normalized spacial score (nSPS) is 9.93. The molecule has 0 aliphatic heterocycles. The van der Waals surface area contributed by atoms with Crippen molar-refractivity contribution in [1.29, 1.82) is 0 Å². The van der Waals surface area contributed by atoms with E-state index in [1.807, 2.05) is 30.3 Å². The highest BCUT2D eigenvalue weighted by Gasteiger charge is 2.03. The van der Waals surface area contributed by atoms with Gasteiger partial charge in [-0.2, -0.15) is 0 Å². The predicted octanol–water partition coefficient (Wildman–Crippen LogP) is 3.06. The van der Waals surface area contributed by atoms with Crippen LogP contribution in [0.5, 0.6) is 0 Å². The van der Waals surface area contributed by atoms with Crippen molar-refractivity contribution in [2.45, 2.75) is 0 Å². The third-order valence-corrected chi connectivity index (χ3v) is 2.38. The van der Waals surface area contributed by atoms with Gasteiger partial charge in [-0.3, -0.25) is 0 Å². The van der Waals surface area contributed by atoms with Crippen LogP contribution in [0.4, 0.5) is 17.2 Å². The monoisotopic (exact) mass is 219 g/mol. The minimum atomic E-state index is 0.517. The predicted molar refractivity (Wildman–Crippen MR) is 63.4 cm³/mol. The Balaban J connectivity index is 2.29. The van der Waals surface area contributed by atoms with E-state index in [0.717, 1.165) is 11.5 Å². The largest absolute Gasteiger partial charge is 0.397 e. The molecule has 15 heavy (non-hydrogen) atoms. The van der Waals surface area contributed by atoms with Crippen LogP contribution in [0.1, 0.15) is 0 Å². The second-order valence-corrected chi connectivity index (χ2v) is 3.43. The van der Waals surface area contributed by atoms with Crippen molar-refractivity contribution in [1.82, 2.24) is 4.98 Å². The number of nitrogen functional groups attached to an aromatic ring is 1. The van der Waals surface area contributed by atoms with Crippen LogP contribution in [0.2, 0.25) is 5.02 Å². The van der Waals surface area contributed by atoms with Crippen LogP contribution in [0.3, 0.4) is 0 Å². The molecule has 1 aromatic heterocycles. The summed E-state index contributed by atoms with van der Waals surface area (Å²) < 4.78 is 0. The maximum absolute atomic E-state index is 6.03. The molecule has 0 radical (unpaired) electrons. The van der Waals surface area contributed by atoms with Crippen molar-refractivity contribution >= 4 is 28.8 Å². The molecule has 1 aromatic carbocycles. The molecule has 3 nitrogen and oxygen atoms in total. The summed E-state index contributed by atoms with van der Waals surface area (Å²) in [6.45, 7) is 0. The van der Waals surface area contributed by atoms with Gasteiger partial charge in [-0.15, -0.1) is 0 Å². The van der Waals surface area contributed by atoms with Crippen LogP contribution < -0.4 is 11.1 Å². The summed E-state index contributed by atoms with van der Waals surface area (Å²) >= 11 is 6.03. The van der Waals surface area contributed by atoms with Crippen LogP contribution in [0, 0.1) is 0 Å². The molecule has 0 fully saturated rings. The molecule has 0 aliphatic carbocycles. The van der Waals surface area contributed by atoms with E-state index in [4.69, 9.17) is 17.3 Å². The minimum Gasteiger partial charge on any atom is -0.397 e. The molecular formula is C11H10ClN3. The van der Waals surface area contributed by atoms with Crippen LogP contribution >= 0.6 is 11.6 Å². The number of hydrogen-bond acceptors (Lipinski definition) is 3. The number of nitrogens with two attached hydrogens (primary N) is 1. The van der Waals surface area contributed by atoms with Crippen molar-refractivity contribution in [3.63, 3.8) is 0 Å². The topological polar surface area (TPSA) is 50.9 Å². The molecule has 1 heterocycles. The summed E-state index contributed by atoms with van der Waals surface area (Å²) in [4.78, 5) is 4.13. The Morgan fingerprint density at radius 3 is 2.73 bits per heavy atom. The van der Waals surface area contributed by atoms with E-state index < -0.39 is 0 Å². The first-order valence-electron chi connectivity index (χ1n) is 4.49. The Kier molecular flexibility index (Phi) is 2.74. The Morgan fingerprint density at radius 2 is 2.00 bits per heavy atom. The number of anilines is 3. The first-order valence-corrected chi connectivity index (χ1v) is 4.87. The summed E-state index contributed by atoms with van der Waals surface area (Å²) in [6, 6.07) is 11.1. The van der Waals surface area contributed by atoms with E-state index in [1.54, 1.807) is 12.3 Å². The van der Waals surface area contributed by atoms with Crippen molar-refractivity contribution < 1.29 is 0 Å². The summed E-state index contributed by atoms with van der Waals surface area (Å²) in [5.41, 5.74) is 6.99. The Bertz CT molecular complexity index is 457. The third kappa shape index (κ3) is 2.19. The molecular weight excluding hydrogens is 210 g/mol. The fourth-order valence-corrected chi connectivity index (χ4v) is 1.39. The Morgan fingerprint density at radius 1 is 1.13 bits per heavy atom. The van der Waals surface area contributed by atoms with Gasteiger partial charge in [-0.1, -0.05) is 23.7 Å². The lowest BCUT2D eigenvalue weighted by molar-refractivity contribution is 1.31. The quantitative estimate of drug-likeness (QED) is 0.764. The maximum Gasteiger partial charge on any atom is 0.130 e. The van der Waals surface area contributed by atoms with E-state index in [-0.39, 0.29) is 0 Å². The van der Waals surface area contributed by atoms with Crippen LogP contribution in [-0.2, 0) is 0 Å². The van der Waals surface area contributed by atoms with Crippen molar-refractivity contribution in [2.75, 3.05) is 11.1 Å². The Hall–Kier alpha value is -1.74. The van der Waals surface area contributed by atoms with Crippen molar-refractivity contribution in [3.8, 4) is 0 Å². The number of aromatic nitrogens is 1. The molecule has 76 valence electrons. The van der Waals surface area contributed by atoms with E-state index in [9.17, 15) is 0 Å². The smallest absolute Gasteiger partial charge is 0.130 e. The summed E-state index contributed by atoms with van der Waals surface area (Å²) in [5.74, 6) is 0.741. The number of hydrogen-bond donors (Lipinski definition) is 2. The summed E-state index contributed by atoms with van der Waals surface area (Å²) in [6.07, 6.45) is 1.71. The van der Waals surface area contributed by atoms with Crippen molar-refractivity contribution in [3.05, 3.63) is 47.6 Å². The van der Waals surface area contributed by atoms with E-state index >= 15 is 0 Å². The number of benzene rings is 1. The third-order valence-electron chi connectivity index (χ3n) is 1.96. The average Bonchev–Trinajstić information content (AvgIpc) is 2.26. The summed E-state index contributed by atoms with van der Waals surface area (Å²) in [5, 5.41) is 3.61. The van der Waals surface area contributed by atoms with E-state index in [0.29, 0.717) is 10.7 Å². The molecule has 3 N–H and O–H groups in total. The van der Waals surface area contributed by atoms with Gasteiger partial charge in [0.1, 0.15) is 5.82 Å². The van der Waals surface area contributed by atoms with E-state index in [2.05, 4.69) is 10.3 Å². The van der Waals surface area contributed by atoms with Gasteiger partial charge in [0, 0.05) is 6.20 Å². The standard InChI is InChI=1S/C11H10ClN3/c12-11-8(13)4-3-5-9(11)15-10-6-1-2-7-14-10/h1-7H,13H2,(H,14,15). The van der Waals surface area contributed by atoms with E-state index in [1.165, 1.54) is 0 Å². The lowest BCUT2D eigenvalue weighted by Crippen LogP contribution is -1.95. The number of nitrogens with zero attached hydrogens (tertiary/aromatic N) is 1. The van der Waals surface area contributed by atoms with Crippen LogP contribution in [0.15, 0.2) is 42.6 Å². The maximum atomic E-state index is 6.03. The van der Waals surface area contributed by atoms with Gasteiger partial charge < -0.3 is 11.1 Å². The van der Waals surface area contributed by atoms with Gasteiger partial charge in [0.15, 0.2) is 0 Å². The van der Waals surface area contributed by atoms with Gasteiger partial charge in [-0.05, 0) is 24.3 Å². The van der Waals surface area contributed by atoms with Gasteiger partial charge >= 0.3 is 0 Å². The zero-order valence-electron chi connectivity index (χ0n) is 7.94. The molecule has 0 saturated heterocycles. The van der Waals surface area contributed by atoms with Gasteiger partial charge in [0.05, 0.1) is 16.4 Å².